The monoisotopic (exact) mass is 292 g/mol. The second kappa shape index (κ2) is 6.90. The number of nitrogens with zero attached hydrogens (tertiary/aromatic N) is 2. The molecule has 0 spiro atoms. The minimum absolute atomic E-state index is 0.410. The second-order valence-electron chi connectivity index (χ2n) is 5.48. The highest BCUT2D eigenvalue weighted by Crippen LogP contribution is 2.25. The van der Waals surface area contributed by atoms with Crippen molar-refractivity contribution in [2.45, 2.75) is 32.9 Å². The number of hydrogen-bond donors (Lipinski definition) is 2. The van der Waals surface area contributed by atoms with E-state index in [1.54, 1.807) is 4.88 Å². The Morgan fingerprint density at radius 2 is 2.45 bits per heavy atom. The molecule has 0 aliphatic carbocycles. The highest BCUT2D eigenvalue weighted by molar-refractivity contribution is 7.10. The summed E-state index contributed by atoms with van der Waals surface area (Å²) in [5.74, 6) is 0.507. The van der Waals surface area contributed by atoms with Crippen LogP contribution in [-0.4, -0.2) is 36.5 Å². The third-order valence-corrected chi connectivity index (χ3v) is 4.58. The lowest BCUT2D eigenvalue weighted by atomic mass is 10.1. The number of aliphatic imine (C=N–C) groups is 1. The molecule has 1 atom stereocenters. The molecule has 3 N–H and O–H groups in total. The largest absolute Gasteiger partial charge is 0.370 e. The first kappa shape index (κ1) is 15.1. The van der Waals surface area contributed by atoms with Crippen LogP contribution in [0.1, 0.15) is 24.3 Å². The zero-order valence-corrected chi connectivity index (χ0v) is 13.2. The first-order valence-electron chi connectivity index (χ1n) is 7.03. The van der Waals surface area contributed by atoms with Gasteiger partial charge < -0.3 is 11.1 Å². The van der Waals surface area contributed by atoms with Crippen molar-refractivity contribution in [3.8, 4) is 0 Å². The van der Waals surface area contributed by atoms with Crippen LogP contribution in [0.4, 0.5) is 0 Å². The van der Waals surface area contributed by atoms with Crippen molar-refractivity contribution in [2.75, 3.05) is 19.6 Å². The molecule has 0 radical (unpaired) electrons. The van der Waals surface area contributed by atoms with E-state index in [-0.39, 0.29) is 0 Å². The molecule has 0 bridgehead atoms. The lowest BCUT2D eigenvalue weighted by Crippen LogP contribution is -2.40. The van der Waals surface area contributed by atoms with E-state index in [0.717, 1.165) is 31.6 Å². The summed E-state index contributed by atoms with van der Waals surface area (Å²) < 4.78 is 0. The number of nitrogens with two attached hydrogens (primary N) is 1. The second-order valence-corrected chi connectivity index (χ2v) is 6.48. The maximum absolute atomic E-state index is 5.84. The molecule has 0 saturated carbocycles. The molecular weight excluding hydrogens is 268 g/mol. The summed E-state index contributed by atoms with van der Waals surface area (Å²) in [5, 5.41) is 5.25. The Hall–Kier alpha value is -1.33. The van der Waals surface area contributed by atoms with Crippen LogP contribution >= 0.6 is 11.3 Å². The Morgan fingerprint density at radius 3 is 3.20 bits per heavy atom. The van der Waals surface area contributed by atoms with Crippen LogP contribution in [0.3, 0.4) is 0 Å². The number of rotatable bonds is 5. The van der Waals surface area contributed by atoms with Gasteiger partial charge in [-0.15, -0.1) is 11.3 Å². The maximum Gasteiger partial charge on any atom is 0.188 e. The number of fused-ring (bicyclic) bond motifs is 1. The van der Waals surface area contributed by atoms with Gasteiger partial charge in [0, 0.05) is 30.6 Å². The zero-order valence-electron chi connectivity index (χ0n) is 12.4. The fourth-order valence-corrected chi connectivity index (χ4v) is 3.18. The van der Waals surface area contributed by atoms with E-state index in [9.17, 15) is 0 Å². The predicted octanol–water partition coefficient (Wildman–Crippen LogP) is 1.98. The average molecular weight is 292 g/mol. The molecule has 0 aromatic carbocycles. The van der Waals surface area contributed by atoms with Crippen molar-refractivity contribution in [1.29, 1.82) is 0 Å². The smallest absolute Gasteiger partial charge is 0.188 e. The highest BCUT2D eigenvalue weighted by atomic mass is 32.1. The summed E-state index contributed by atoms with van der Waals surface area (Å²) in [7, 11) is 0. The molecule has 1 aliphatic rings. The summed E-state index contributed by atoms with van der Waals surface area (Å²) in [5.41, 5.74) is 8.37. The van der Waals surface area contributed by atoms with Gasteiger partial charge in [0.2, 0.25) is 0 Å². The number of guanidine groups is 1. The number of nitrogens with one attached hydrogen (secondary N) is 1. The van der Waals surface area contributed by atoms with Gasteiger partial charge in [-0.1, -0.05) is 12.2 Å². The van der Waals surface area contributed by atoms with Crippen LogP contribution in [-0.2, 0) is 13.0 Å². The molecule has 110 valence electrons. The molecule has 1 aromatic heterocycles. The molecule has 20 heavy (non-hydrogen) atoms. The molecule has 1 aliphatic heterocycles. The van der Waals surface area contributed by atoms with E-state index >= 15 is 0 Å². The summed E-state index contributed by atoms with van der Waals surface area (Å²) in [6.07, 6.45) is 1.16. The first-order valence-corrected chi connectivity index (χ1v) is 7.91. The van der Waals surface area contributed by atoms with Gasteiger partial charge in [0.05, 0.1) is 6.54 Å². The van der Waals surface area contributed by atoms with E-state index in [0.29, 0.717) is 18.5 Å². The van der Waals surface area contributed by atoms with Crippen LogP contribution in [0.25, 0.3) is 0 Å². The van der Waals surface area contributed by atoms with E-state index in [1.165, 1.54) is 5.56 Å². The molecule has 0 fully saturated rings. The van der Waals surface area contributed by atoms with Crippen molar-refractivity contribution >= 4 is 17.3 Å². The van der Waals surface area contributed by atoms with Crippen molar-refractivity contribution in [2.24, 2.45) is 10.7 Å². The summed E-state index contributed by atoms with van der Waals surface area (Å²) >= 11 is 1.87. The number of thiophene rings is 1. The van der Waals surface area contributed by atoms with Gasteiger partial charge in [-0.05, 0) is 37.3 Å². The van der Waals surface area contributed by atoms with Crippen molar-refractivity contribution < 1.29 is 0 Å². The van der Waals surface area contributed by atoms with Gasteiger partial charge in [-0.25, -0.2) is 0 Å². The quantitative estimate of drug-likeness (QED) is 0.496. The van der Waals surface area contributed by atoms with Crippen molar-refractivity contribution in [3.05, 3.63) is 34.0 Å². The van der Waals surface area contributed by atoms with E-state index in [1.807, 2.05) is 18.3 Å². The lowest BCUT2D eigenvalue weighted by Gasteiger charge is -2.31. The Kier molecular flexibility index (Phi) is 5.20. The minimum atomic E-state index is 0.410. The van der Waals surface area contributed by atoms with E-state index in [4.69, 9.17) is 5.73 Å². The van der Waals surface area contributed by atoms with Crippen LogP contribution in [0, 0.1) is 0 Å². The van der Waals surface area contributed by atoms with E-state index in [2.05, 4.69) is 40.2 Å². The minimum Gasteiger partial charge on any atom is -0.370 e. The SMILES string of the molecule is C=C(C)CNC(N)=NCC(C)N1CCc2sccc2C1. The normalized spacial score (nSPS) is 17.6. The summed E-state index contributed by atoms with van der Waals surface area (Å²) in [6, 6.07) is 2.65. The van der Waals surface area contributed by atoms with Gasteiger partial charge in [0.1, 0.15) is 0 Å². The molecule has 0 saturated heterocycles. The molecule has 4 nitrogen and oxygen atoms in total. The summed E-state index contributed by atoms with van der Waals surface area (Å²) in [6.45, 7) is 11.6. The third kappa shape index (κ3) is 4.08. The van der Waals surface area contributed by atoms with Gasteiger partial charge in [-0.3, -0.25) is 9.89 Å². The zero-order chi connectivity index (χ0) is 14.5. The molecule has 1 unspecified atom stereocenters. The molecular formula is C15H24N4S. The Labute approximate surface area is 125 Å². The average Bonchev–Trinajstić information content (AvgIpc) is 2.89. The highest BCUT2D eigenvalue weighted by Gasteiger charge is 2.21. The third-order valence-electron chi connectivity index (χ3n) is 3.56. The van der Waals surface area contributed by atoms with Crippen LogP contribution in [0.5, 0.6) is 0 Å². The van der Waals surface area contributed by atoms with Crippen molar-refractivity contribution in [3.63, 3.8) is 0 Å². The Bertz CT molecular complexity index is 492. The topological polar surface area (TPSA) is 53.6 Å². The molecule has 1 aromatic rings. The fourth-order valence-electron chi connectivity index (χ4n) is 2.29. The Balaban J connectivity index is 1.82. The molecule has 2 heterocycles. The van der Waals surface area contributed by atoms with Gasteiger partial charge in [-0.2, -0.15) is 0 Å². The first-order chi connectivity index (χ1) is 9.56. The summed E-state index contributed by atoms with van der Waals surface area (Å²) in [4.78, 5) is 8.44. The Morgan fingerprint density at radius 1 is 1.65 bits per heavy atom. The maximum atomic E-state index is 5.84. The molecule has 0 amide bonds. The van der Waals surface area contributed by atoms with Crippen molar-refractivity contribution in [1.82, 2.24) is 10.2 Å². The van der Waals surface area contributed by atoms with Gasteiger partial charge in [0.25, 0.3) is 0 Å². The lowest BCUT2D eigenvalue weighted by molar-refractivity contribution is 0.197. The molecule has 2 rings (SSSR count). The van der Waals surface area contributed by atoms with Gasteiger partial charge in [0.15, 0.2) is 5.96 Å². The number of hydrogen-bond acceptors (Lipinski definition) is 3. The predicted molar refractivity (Wildman–Crippen MR) is 87.2 cm³/mol. The standard InChI is InChI=1S/C15H24N4S/c1-11(2)8-17-15(16)18-9-12(3)19-6-4-14-13(10-19)5-7-20-14/h5,7,12H,1,4,6,8-10H2,2-3H3,(H3,16,17,18). The van der Waals surface area contributed by atoms with E-state index < -0.39 is 0 Å². The van der Waals surface area contributed by atoms with Crippen LogP contribution in [0.2, 0.25) is 0 Å². The fraction of sp³-hybridized carbons (Fsp3) is 0.533. The van der Waals surface area contributed by atoms with Crippen LogP contribution < -0.4 is 11.1 Å². The van der Waals surface area contributed by atoms with Crippen LogP contribution in [0.15, 0.2) is 28.6 Å². The van der Waals surface area contributed by atoms with Gasteiger partial charge >= 0.3 is 0 Å². The molecule has 5 heteroatoms.